The number of methoxy groups -OCH3 is 1. The minimum absolute atomic E-state index is 0.0572. The first-order chi connectivity index (χ1) is 13.8. The summed E-state index contributed by atoms with van der Waals surface area (Å²) in [5.74, 6) is 0.137. The van der Waals surface area contributed by atoms with Crippen LogP contribution in [-0.4, -0.2) is 37.9 Å². The van der Waals surface area contributed by atoms with Crippen LogP contribution in [0.1, 0.15) is 10.6 Å². The summed E-state index contributed by atoms with van der Waals surface area (Å²) < 4.78 is 39.3. The summed E-state index contributed by atoms with van der Waals surface area (Å²) in [4.78, 5) is 12.6. The molecule has 0 atom stereocenters. The number of para-hydroxylation sites is 1. The Labute approximate surface area is 165 Å². The topological polar surface area (TPSA) is 125 Å². The van der Waals surface area contributed by atoms with Gasteiger partial charge in [0.15, 0.2) is 26.9 Å². The maximum absolute atomic E-state index is 12.4. The number of amides is 1. The summed E-state index contributed by atoms with van der Waals surface area (Å²) in [6.07, 6.45) is 1.12. The van der Waals surface area contributed by atoms with E-state index in [0.29, 0.717) is 22.3 Å². The molecule has 9 nitrogen and oxygen atoms in total. The van der Waals surface area contributed by atoms with Crippen molar-refractivity contribution in [3.05, 3.63) is 54.3 Å². The molecule has 2 aromatic carbocycles. The lowest BCUT2D eigenvalue weighted by molar-refractivity contribution is 0.0995. The van der Waals surface area contributed by atoms with Crippen molar-refractivity contribution in [1.82, 2.24) is 10.2 Å². The number of sulfone groups is 1. The van der Waals surface area contributed by atoms with Crippen molar-refractivity contribution in [2.45, 2.75) is 4.90 Å². The van der Waals surface area contributed by atoms with Crippen LogP contribution in [0.25, 0.3) is 22.4 Å². The highest BCUT2D eigenvalue weighted by atomic mass is 32.2. The smallest absolute Gasteiger partial charge is 0.322 e. The van der Waals surface area contributed by atoms with E-state index in [4.69, 9.17) is 13.6 Å². The molecule has 0 saturated carbocycles. The zero-order valence-electron chi connectivity index (χ0n) is 15.4. The van der Waals surface area contributed by atoms with E-state index in [1.807, 2.05) is 0 Å². The minimum Gasteiger partial charge on any atom is -0.493 e. The summed E-state index contributed by atoms with van der Waals surface area (Å²) in [6, 6.07) is 12.7. The fourth-order valence-electron chi connectivity index (χ4n) is 2.70. The van der Waals surface area contributed by atoms with Gasteiger partial charge in [0.2, 0.25) is 5.89 Å². The Morgan fingerprint density at radius 1 is 1.07 bits per heavy atom. The van der Waals surface area contributed by atoms with Crippen molar-refractivity contribution in [2.75, 3.05) is 18.7 Å². The van der Waals surface area contributed by atoms with E-state index in [-0.39, 0.29) is 22.6 Å². The van der Waals surface area contributed by atoms with Crippen molar-refractivity contribution in [1.29, 1.82) is 0 Å². The van der Waals surface area contributed by atoms with Crippen LogP contribution in [0.3, 0.4) is 0 Å². The molecule has 0 saturated heterocycles. The van der Waals surface area contributed by atoms with Gasteiger partial charge in [-0.2, -0.15) is 0 Å². The second kappa shape index (κ2) is 7.06. The Balaban J connectivity index is 1.54. The highest BCUT2D eigenvalue weighted by Gasteiger charge is 2.18. The average molecular weight is 413 g/mol. The number of anilines is 1. The number of fused-ring (bicyclic) bond motifs is 1. The molecule has 0 fully saturated rings. The van der Waals surface area contributed by atoms with Crippen LogP contribution in [-0.2, 0) is 9.84 Å². The van der Waals surface area contributed by atoms with Gasteiger partial charge in [0.05, 0.1) is 12.0 Å². The number of ether oxygens (including phenoxy) is 1. The number of hydrogen-bond donors (Lipinski definition) is 1. The number of rotatable bonds is 5. The van der Waals surface area contributed by atoms with E-state index in [1.165, 1.54) is 19.2 Å². The standard InChI is InChI=1S/C19H15N3O6S/c1-26-14-5-3-4-12-10-15(27-16(12)14)17(23)20-19-22-21-18(28-19)11-6-8-13(9-7-11)29(2,24)25/h3-10H,1-2H3,(H,20,22,23). The minimum atomic E-state index is -3.30. The van der Waals surface area contributed by atoms with Gasteiger partial charge in [-0.05, 0) is 36.4 Å². The lowest BCUT2D eigenvalue weighted by atomic mass is 10.2. The molecule has 2 heterocycles. The molecule has 0 spiro atoms. The molecule has 0 aliphatic heterocycles. The largest absolute Gasteiger partial charge is 0.493 e. The number of nitrogens with zero attached hydrogens (tertiary/aromatic N) is 2. The predicted molar refractivity (Wildman–Crippen MR) is 104 cm³/mol. The fourth-order valence-corrected chi connectivity index (χ4v) is 3.33. The number of hydrogen-bond acceptors (Lipinski definition) is 8. The zero-order valence-corrected chi connectivity index (χ0v) is 16.2. The van der Waals surface area contributed by atoms with E-state index in [1.54, 1.807) is 36.4 Å². The van der Waals surface area contributed by atoms with Gasteiger partial charge in [0.25, 0.3) is 5.91 Å². The van der Waals surface area contributed by atoms with E-state index >= 15 is 0 Å². The van der Waals surface area contributed by atoms with Crippen molar-refractivity contribution >= 4 is 32.7 Å². The molecule has 1 N–H and O–H groups in total. The molecule has 0 aliphatic carbocycles. The molecule has 0 unspecified atom stereocenters. The Hall–Kier alpha value is -3.66. The van der Waals surface area contributed by atoms with Gasteiger partial charge in [-0.15, -0.1) is 5.10 Å². The van der Waals surface area contributed by atoms with Gasteiger partial charge in [-0.25, -0.2) is 8.42 Å². The van der Waals surface area contributed by atoms with Crippen molar-refractivity contribution < 1.29 is 26.8 Å². The third kappa shape index (κ3) is 3.69. The number of furan rings is 1. The highest BCUT2D eigenvalue weighted by molar-refractivity contribution is 7.90. The molecule has 0 bridgehead atoms. The molecule has 2 aromatic heterocycles. The van der Waals surface area contributed by atoms with Gasteiger partial charge in [0.1, 0.15) is 0 Å². The van der Waals surface area contributed by atoms with Crippen LogP contribution >= 0.6 is 0 Å². The summed E-state index contributed by atoms with van der Waals surface area (Å²) in [5.41, 5.74) is 0.969. The molecule has 4 aromatic rings. The predicted octanol–water partition coefficient (Wildman–Crippen LogP) is 3.15. The quantitative estimate of drug-likeness (QED) is 0.529. The van der Waals surface area contributed by atoms with Gasteiger partial charge < -0.3 is 13.6 Å². The van der Waals surface area contributed by atoms with Crippen LogP contribution < -0.4 is 10.1 Å². The third-order valence-electron chi connectivity index (χ3n) is 4.13. The number of nitrogens with one attached hydrogen (secondary N) is 1. The molecule has 4 rings (SSSR count). The SMILES string of the molecule is COc1cccc2cc(C(=O)Nc3nnc(-c4ccc(S(C)(=O)=O)cc4)o3)oc12. The van der Waals surface area contributed by atoms with Gasteiger partial charge in [-0.1, -0.05) is 17.2 Å². The Morgan fingerprint density at radius 3 is 2.52 bits per heavy atom. The van der Waals surface area contributed by atoms with Gasteiger partial charge in [-0.3, -0.25) is 10.1 Å². The fraction of sp³-hybridized carbons (Fsp3) is 0.105. The number of carbonyl (C=O) groups excluding carboxylic acids is 1. The van der Waals surface area contributed by atoms with Gasteiger partial charge in [0, 0.05) is 17.2 Å². The molecule has 29 heavy (non-hydrogen) atoms. The van der Waals surface area contributed by atoms with Crippen molar-refractivity contribution in [3.63, 3.8) is 0 Å². The lowest BCUT2D eigenvalue weighted by Gasteiger charge is -1.99. The van der Waals surface area contributed by atoms with Crippen molar-refractivity contribution in [3.8, 4) is 17.2 Å². The number of carbonyl (C=O) groups is 1. The van der Waals surface area contributed by atoms with E-state index in [9.17, 15) is 13.2 Å². The van der Waals surface area contributed by atoms with E-state index in [2.05, 4.69) is 15.5 Å². The molecule has 0 aliphatic rings. The van der Waals surface area contributed by atoms with E-state index < -0.39 is 15.7 Å². The van der Waals surface area contributed by atoms with Crippen LogP contribution in [0.4, 0.5) is 6.01 Å². The van der Waals surface area contributed by atoms with Gasteiger partial charge >= 0.3 is 6.01 Å². The zero-order chi connectivity index (χ0) is 20.6. The first-order valence-corrected chi connectivity index (χ1v) is 10.3. The summed E-state index contributed by atoms with van der Waals surface area (Å²) >= 11 is 0. The monoisotopic (exact) mass is 413 g/mol. The average Bonchev–Trinajstić information content (AvgIpc) is 3.34. The summed E-state index contributed by atoms with van der Waals surface area (Å²) in [5, 5.41) is 10.8. The van der Waals surface area contributed by atoms with Crippen LogP contribution in [0.5, 0.6) is 5.75 Å². The van der Waals surface area contributed by atoms with Crippen LogP contribution in [0.15, 0.2) is 62.3 Å². The first kappa shape index (κ1) is 18.7. The number of aromatic nitrogens is 2. The third-order valence-corrected chi connectivity index (χ3v) is 5.26. The maximum Gasteiger partial charge on any atom is 0.322 e. The van der Waals surface area contributed by atoms with Crippen LogP contribution in [0, 0.1) is 0 Å². The molecule has 1 amide bonds. The summed E-state index contributed by atoms with van der Waals surface area (Å²) in [6.45, 7) is 0. The second-order valence-corrected chi connectivity index (χ2v) is 8.17. The molecular weight excluding hydrogens is 398 g/mol. The Kier molecular flexibility index (Phi) is 4.55. The molecule has 0 radical (unpaired) electrons. The molecular formula is C19H15N3O6S. The Bertz CT molecular complexity index is 1310. The van der Waals surface area contributed by atoms with Crippen molar-refractivity contribution in [2.24, 2.45) is 0 Å². The van der Waals surface area contributed by atoms with Crippen LogP contribution in [0.2, 0.25) is 0 Å². The highest BCUT2D eigenvalue weighted by Crippen LogP contribution is 2.29. The lowest BCUT2D eigenvalue weighted by Crippen LogP contribution is -2.10. The molecule has 10 heteroatoms. The summed E-state index contributed by atoms with van der Waals surface area (Å²) in [7, 11) is -1.79. The second-order valence-electron chi connectivity index (χ2n) is 6.15. The maximum atomic E-state index is 12.4. The normalized spacial score (nSPS) is 11.5. The molecule has 148 valence electrons. The Morgan fingerprint density at radius 2 is 1.83 bits per heavy atom. The number of benzene rings is 2. The first-order valence-electron chi connectivity index (χ1n) is 8.37. The van der Waals surface area contributed by atoms with E-state index in [0.717, 1.165) is 6.26 Å².